The molecule has 1 aliphatic carbocycles. The van der Waals surface area contributed by atoms with E-state index in [2.05, 4.69) is 21.2 Å². The largest absolute Gasteiger partial charge is 0.348 e. The molecule has 0 spiro atoms. The maximum atomic E-state index is 11.9. The molecular formula is C11H15BrN2OS. The van der Waals surface area contributed by atoms with Crippen LogP contribution in [0.15, 0.2) is 15.9 Å². The highest BCUT2D eigenvalue weighted by atomic mass is 79.9. The normalized spacial score (nSPS) is 24.6. The van der Waals surface area contributed by atoms with E-state index in [9.17, 15) is 4.79 Å². The third-order valence-corrected chi connectivity index (χ3v) is 4.70. The molecule has 1 fully saturated rings. The molecular weight excluding hydrogens is 288 g/mol. The highest BCUT2D eigenvalue weighted by Crippen LogP contribution is 2.26. The number of carbonyl (C=O) groups excluding carboxylic acids is 1. The molecule has 16 heavy (non-hydrogen) atoms. The van der Waals surface area contributed by atoms with Crippen molar-refractivity contribution in [2.24, 2.45) is 11.7 Å². The molecule has 2 atom stereocenters. The van der Waals surface area contributed by atoms with Crippen LogP contribution in [0.1, 0.15) is 28.9 Å². The van der Waals surface area contributed by atoms with Crippen LogP contribution < -0.4 is 11.1 Å². The van der Waals surface area contributed by atoms with E-state index >= 15 is 0 Å². The number of thiophene rings is 1. The summed E-state index contributed by atoms with van der Waals surface area (Å²) in [6.07, 6.45) is 3.36. The fourth-order valence-corrected chi connectivity index (χ4v) is 3.47. The Labute approximate surface area is 108 Å². The van der Waals surface area contributed by atoms with Gasteiger partial charge in [0.15, 0.2) is 0 Å². The second-order valence-corrected chi connectivity index (χ2v) is 6.57. The number of nitrogens with two attached hydrogens (primary N) is 1. The molecule has 5 heteroatoms. The van der Waals surface area contributed by atoms with Gasteiger partial charge < -0.3 is 11.1 Å². The van der Waals surface area contributed by atoms with Crippen molar-refractivity contribution in [1.29, 1.82) is 0 Å². The highest BCUT2D eigenvalue weighted by molar-refractivity contribution is 9.11. The number of halogens is 1. The highest BCUT2D eigenvalue weighted by Gasteiger charge is 2.27. The number of hydrogen-bond acceptors (Lipinski definition) is 3. The molecule has 1 aliphatic rings. The second-order valence-electron chi connectivity index (χ2n) is 4.11. The van der Waals surface area contributed by atoms with E-state index < -0.39 is 0 Å². The number of nitrogens with one attached hydrogen (secondary N) is 1. The molecule has 1 amide bonds. The Morgan fingerprint density at radius 1 is 1.56 bits per heavy atom. The van der Waals surface area contributed by atoms with Crippen molar-refractivity contribution in [3.8, 4) is 0 Å². The molecule has 1 aromatic rings. The van der Waals surface area contributed by atoms with Crippen molar-refractivity contribution in [3.05, 3.63) is 20.8 Å². The molecule has 1 heterocycles. The molecule has 0 saturated heterocycles. The van der Waals surface area contributed by atoms with E-state index in [4.69, 9.17) is 5.73 Å². The summed E-state index contributed by atoms with van der Waals surface area (Å²) >= 11 is 4.82. The summed E-state index contributed by atoms with van der Waals surface area (Å²) in [5, 5.41) is 3.08. The monoisotopic (exact) mass is 302 g/mol. The molecule has 0 aromatic carbocycles. The first-order valence-electron chi connectivity index (χ1n) is 5.47. The fraction of sp³-hybridized carbons (Fsp3) is 0.545. The van der Waals surface area contributed by atoms with Crippen molar-refractivity contribution < 1.29 is 4.79 Å². The van der Waals surface area contributed by atoms with Gasteiger partial charge in [-0.1, -0.05) is 6.42 Å². The van der Waals surface area contributed by atoms with Gasteiger partial charge in [0.25, 0.3) is 5.91 Å². The Morgan fingerprint density at radius 3 is 3.00 bits per heavy atom. The zero-order valence-electron chi connectivity index (χ0n) is 8.91. The second kappa shape index (κ2) is 5.29. The Morgan fingerprint density at radius 2 is 2.38 bits per heavy atom. The standard InChI is InChI=1S/C11H15BrN2OS/c12-10-5-4-9(16-10)11(15)14-8-3-1-2-7(8)6-13/h4-5,7-8H,1-3,6,13H2,(H,14,15). The number of hydrogen-bond donors (Lipinski definition) is 2. The van der Waals surface area contributed by atoms with Crippen LogP contribution in [0.5, 0.6) is 0 Å². The van der Waals surface area contributed by atoms with Crippen molar-refractivity contribution in [3.63, 3.8) is 0 Å². The van der Waals surface area contributed by atoms with Gasteiger partial charge in [-0.3, -0.25) is 4.79 Å². The van der Waals surface area contributed by atoms with Crippen LogP contribution in [0.4, 0.5) is 0 Å². The fourth-order valence-electron chi connectivity index (χ4n) is 2.18. The van der Waals surface area contributed by atoms with E-state index in [-0.39, 0.29) is 11.9 Å². The molecule has 1 aromatic heterocycles. The summed E-state index contributed by atoms with van der Waals surface area (Å²) in [6, 6.07) is 4.00. The molecule has 1 saturated carbocycles. The van der Waals surface area contributed by atoms with E-state index in [1.54, 1.807) is 0 Å². The smallest absolute Gasteiger partial charge is 0.261 e. The van der Waals surface area contributed by atoms with Gasteiger partial charge in [0, 0.05) is 6.04 Å². The average molecular weight is 303 g/mol. The summed E-state index contributed by atoms with van der Waals surface area (Å²) < 4.78 is 0.986. The third-order valence-electron chi connectivity index (χ3n) is 3.08. The van der Waals surface area contributed by atoms with Gasteiger partial charge >= 0.3 is 0 Å². The minimum atomic E-state index is 0.0288. The molecule has 0 bridgehead atoms. The third kappa shape index (κ3) is 2.64. The maximum absolute atomic E-state index is 11.9. The SMILES string of the molecule is NCC1CCCC1NC(=O)c1ccc(Br)s1. The van der Waals surface area contributed by atoms with Gasteiger partial charge in [-0.15, -0.1) is 11.3 Å². The predicted molar refractivity (Wildman–Crippen MR) is 69.7 cm³/mol. The van der Waals surface area contributed by atoms with Gasteiger partial charge in [-0.05, 0) is 53.4 Å². The molecule has 88 valence electrons. The molecule has 0 radical (unpaired) electrons. The molecule has 2 unspecified atom stereocenters. The van der Waals surface area contributed by atoms with E-state index in [1.807, 2.05) is 12.1 Å². The van der Waals surface area contributed by atoms with Crippen LogP contribution in [-0.4, -0.2) is 18.5 Å². The summed E-state index contributed by atoms with van der Waals surface area (Å²) in [4.78, 5) is 12.7. The lowest BCUT2D eigenvalue weighted by Gasteiger charge is -2.18. The topological polar surface area (TPSA) is 55.1 Å². The van der Waals surface area contributed by atoms with Crippen molar-refractivity contribution in [1.82, 2.24) is 5.32 Å². The van der Waals surface area contributed by atoms with E-state index in [0.29, 0.717) is 12.5 Å². The van der Waals surface area contributed by atoms with Crippen molar-refractivity contribution >= 4 is 33.2 Å². The quantitative estimate of drug-likeness (QED) is 0.900. The first-order chi connectivity index (χ1) is 7.70. The van der Waals surface area contributed by atoms with Crippen molar-refractivity contribution in [2.45, 2.75) is 25.3 Å². The zero-order chi connectivity index (χ0) is 11.5. The molecule has 3 N–H and O–H groups in total. The van der Waals surface area contributed by atoms with Crippen LogP contribution in [0.3, 0.4) is 0 Å². The summed E-state index contributed by atoms with van der Waals surface area (Å²) in [5.74, 6) is 0.480. The minimum Gasteiger partial charge on any atom is -0.348 e. The Balaban J connectivity index is 1.97. The first kappa shape index (κ1) is 12.1. The van der Waals surface area contributed by atoms with E-state index in [0.717, 1.165) is 21.5 Å². The van der Waals surface area contributed by atoms with Crippen LogP contribution >= 0.6 is 27.3 Å². The van der Waals surface area contributed by atoms with Gasteiger partial charge in [0.1, 0.15) is 0 Å². The Bertz CT molecular complexity index is 380. The number of carbonyl (C=O) groups is 1. The number of amides is 1. The average Bonchev–Trinajstić information content (AvgIpc) is 2.86. The maximum Gasteiger partial charge on any atom is 0.261 e. The van der Waals surface area contributed by atoms with Gasteiger partial charge in [0.05, 0.1) is 8.66 Å². The zero-order valence-corrected chi connectivity index (χ0v) is 11.3. The van der Waals surface area contributed by atoms with Crippen LogP contribution in [0.2, 0.25) is 0 Å². The predicted octanol–water partition coefficient (Wildman–Crippen LogP) is 2.37. The lowest BCUT2D eigenvalue weighted by molar-refractivity contribution is 0.0933. The lowest BCUT2D eigenvalue weighted by Crippen LogP contribution is -2.39. The van der Waals surface area contributed by atoms with Crippen LogP contribution in [-0.2, 0) is 0 Å². The van der Waals surface area contributed by atoms with E-state index in [1.165, 1.54) is 17.8 Å². The molecule has 3 nitrogen and oxygen atoms in total. The lowest BCUT2D eigenvalue weighted by atomic mass is 10.0. The van der Waals surface area contributed by atoms with Crippen LogP contribution in [0.25, 0.3) is 0 Å². The molecule has 0 aliphatic heterocycles. The summed E-state index contributed by atoms with van der Waals surface area (Å²) in [6.45, 7) is 0.666. The Hall–Kier alpha value is -0.390. The van der Waals surface area contributed by atoms with Crippen LogP contribution in [0, 0.1) is 5.92 Å². The van der Waals surface area contributed by atoms with Gasteiger partial charge in [-0.2, -0.15) is 0 Å². The minimum absolute atomic E-state index is 0.0288. The molecule has 2 rings (SSSR count). The summed E-state index contributed by atoms with van der Waals surface area (Å²) in [5.41, 5.74) is 5.69. The summed E-state index contributed by atoms with van der Waals surface area (Å²) in [7, 11) is 0. The van der Waals surface area contributed by atoms with Gasteiger partial charge in [-0.25, -0.2) is 0 Å². The van der Waals surface area contributed by atoms with Gasteiger partial charge in [0.2, 0.25) is 0 Å². The first-order valence-corrected chi connectivity index (χ1v) is 7.08. The van der Waals surface area contributed by atoms with Crippen molar-refractivity contribution in [2.75, 3.05) is 6.54 Å². The number of rotatable bonds is 3. The Kier molecular flexibility index (Phi) is 4.00.